The van der Waals surface area contributed by atoms with Crippen LogP contribution in [0.4, 0.5) is 0 Å². The van der Waals surface area contributed by atoms with Crippen molar-refractivity contribution in [3.8, 4) is 0 Å². The molecule has 2 aromatic rings. The summed E-state index contributed by atoms with van der Waals surface area (Å²) in [5.41, 5.74) is 2.15. The summed E-state index contributed by atoms with van der Waals surface area (Å²) in [5, 5.41) is 0. The predicted molar refractivity (Wildman–Crippen MR) is 47.9 cm³/mol. The summed E-state index contributed by atoms with van der Waals surface area (Å²) in [4.78, 5) is 8.48. The Morgan fingerprint density at radius 1 is 1.50 bits per heavy atom. The van der Waals surface area contributed by atoms with E-state index in [1.54, 1.807) is 6.20 Å². The molecule has 0 saturated carbocycles. The fourth-order valence-corrected chi connectivity index (χ4v) is 1.49. The van der Waals surface area contributed by atoms with E-state index in [4.69, 9.17) is 0 Å². The first-order chi connectivity index (χ1) is 5.83. The molecule has 2 rings (SSSR count). The van der Waals surface area contributed by atoms with Crippen molar-refractivity contribution in [1.82, 2.24) is 14.5 Å². The van der Waals surface area contributed by atoms with Crippen molar-refractivity contribution in [3.05, 3.63) is 24.3 Å². The van der Waals surface area contributed by atoms with Crippen molar-refractivity contribution in [1.29, 1.82) is 0 Å². The number of hydrogen-bond acceptors (Lipinski definition) is 2. The minimum Gasteiger partial charge on any atom is -0.327 e. The lowest BCUT2D eigenvalue weighted by Gasteiger charge is -1.99. The normalized spacial score (nSPS) is 10.8. The number of nitrogens with zero attached hydrogens (tertiary/aromatic N) is 3. The van der Waals surface area contributed by atoms with Crippen molar-refractivity contribution in [2.24, 2.45) is 0 Å². The van der Waals surface area contributed by atoms with Crippen LogP contribution in [-0.4, -0.2) is 14.5 Å². The Bertz CT molecular complexity index is 403. The summed E-state index contributed by atoms with van der Waals surface area (Å²) in [6.07, 6.45) is 3.63. The van der Waals surface area contributed by atoms with Crippen LogP contribution in [0, 0.1) is 6.92 Å². The molecule has 3 nitrogen and oxygen atoms in total. The van der Waals surface area contributed by atoms with Crippen molar-refractivity contribution >= 4 is 11.0 Å². The molecule has 0 atom stereocenters. The van der Waals surface area contributed by atoms with Gasteiger partial charge in [-0.25, -0.2) is 4.98 Å². The number of aryl methyl sites for hydroxylation is 2. The zero-order chi connectivity index (χ0) is 8.55. The smallest absolute Gasteiger partial charge is 0.106 e. The number of rotatable bonds is 1. The molecule has 0 N–H and O–H groups in total. The minimum atomic E-state index is 0.952. The first-order valence-electron chi connectivity index (χ1n) is 4.09. The lowest BCUT2D eigenvalue weighted by atomic mass is 10.4. The van der Waals surface area contributed by atoms with Gasteiger partial charge in [0.25, 0.3) is 0 Å². The zero-order valence-corrected chi connectivity index (χ0v) is 7.28. The first-order valence-corrected chi connectivity index (χ1v) is 4.09. The monoisotopic (exact) mass is 161 g/mol. The molecule has 12 heavy (non-hydrogen) atoms. The van der Waals surface area contributed by atoms with Crippen molar-refractivity contribution in [2.75, 3.05) is 0 Å². The third-order valence-corrected chi connectivity index (χ3v) is 2.06. The Morgan fingerprint density at radius 2 is 2.33 bits per heavy atom. The third kappa shape index (κ3) is 0.897. The van der Waals surface area contributed by atoms with Crippen LogP contribution in [0.5, 0.6) is 0 Å². The number of imidazole rings is 1. The van der Waals surface area contributed by atoms with Gasteiger partial charge in [0.1, 0.15) is 5.82 Å². The summed E-state index contributed by atoms with van der Waals surface area (Å²) in [6.45, 7) is 5.08. The van der Waals surface area contributed by atoms with Crippen LogP contribution >= 0.6 is 0 Å². The Kier molecular flexibility index (Phi) is 1.57. The Labute approximate surface area is 71.1 Å². The maximum Gasteiger partial charge on any atom is 0.106 e. The van der Waals surface area contributed by atoms with Crippen LogP contribution in [0.15, 0.2) is 18.5 Å². The molecule has 0 aromatic carbocycles. The predicted octanol–water partition coefficient (Wildman–Crippen LogP) is 1.76. The highest BCUT2D eigenvalue weighted by atomic mass is 15.1. The molecule has 62 valence electrons. The van der Waals surface area contributed by atoms with E-state index >= 15 is 0 Å². The largest absolute Gasteiger partial charge is 0.327 e. The van der Waals surface area contributed by atoms with Gasteiger partial charge in [-0.05, 0) is 19.9 Å². The molecule has 0 aliphatic carbocycles. The maximum atomic E-state index is 4.41. The summed E-state index contributed by atoms with van der Waals surface area (Å²) < 4.78 is 2.16. The average Bonchev–Trinajstić information content (AvgIpc) is 2.40. The molecule has 0 aliphatic heterocycles. The standard InChI is InChI=1S/C9H11N3/c1-3-12-7(2)11-8-4-5-10-6-9(8)12/h4-6H,3H2,1-2H3. The van der Waals surface area contributed by atoms with Gasteiger partial charge >= 0.3 is 0 Å². The highest BCUT2D eigenvalue weighted by molar-refractivity contribution is 5.74. The fraction of sp³-hybridized carbons (Fsp3) is 0.333. The van der Waals surface area contributed by atoms with Crippen LogP contribution in [0.25, 0.3) is 11.0 Å². The number of pyridine rings is 1. The quantitative estimate of drug-likeness (QED) is 0.638. The Hall–Kier alpha value is -1.38. The molecule has 0 unspecified atom stereocenters. The van der Waals surface area contributed by atoms with Crippen LogP contribution in [0.1, 0.15) is 12.7 Å². The number of hydrogen-bond donors (Lipinski definition) is 0. The molecule has 0 spiro atoms. The first kappa shape index (κ1) is 7.28. The van der Waals surface area contributed by atoms with E-state index in [0.29, 0.717) is 0 Å². The molecular weight excluding hydrogens is 150 g/mol. The highest BCUT2D eigenvalue weighted by Crippen LogP contribution is 2.13. The van der Waals surface area contributed by atoms with E-state index in [1.165, 1.54) is 0 Å². The van der Waals surface area contributed by atoms with Gasteiger partial charge in [-0.1, -0.05) is 0 Å². The second-order valence-corrected chi connectivity index (χ2v) is 2.77. The summed E-state index contributed by atoms with van der Waals surface area (Å²) in [6, 6.07) is 1.94. The van der Waals surface area contributed by atoms with Gasteiger partial charge in [0.05, 0.1) is 17.2 Å². The van der Waals surface area contributed by atoms with Gasteiger partial charge in [0, 0.05) is 12.7 Å². The van der Waals surface area contributed by atoms with E-state index in [2.05, 4.69) is 21.5 Å². The Morgan fingerprint density at radius 3 is 3.08 bits per heavy atom. The molecule has 0 fully saturated rings. The molecule has 0 aliphatic rings. The van der Waals surface area contributed by atoms with Gasteiger partial charge in [0.15, 0.2) is 0 Å². The van der Waals surface area contributed by atoms with E-state index in [1.807, 2.05) is 19.2 Å². The summed E-state index contributed by atoms with van der Waals surface area (Å²) in [5.74, 6) is 1.06. The maximum absolute atomic E-state index is 4.41. The molecule has 0 radical (unpaired) electrons. The van der Waals surface area contributed by atoms with Crippen molar-refractivity contribution in [2.45, 2.75) is 20.4 Å². The second-order valence-electron chi connectivity index (χ2n) is 2.77. The lowest BCUT2D eigenvalue weighted by molar-refractivity contribution is 0.752. The topological polar surface area (TPSA) is 30.7 Å². The fourth-order valence-electron chi connectivity index (χ4n) is 1.49. The SMILES string of the molecule is CCn1c(C)nc2ccncc21. The van der Waals surface area contributed by atoms with Gasteiger partial charge in [0.2, 0.25) is 0 Å². The lowest BCUT2D eigenvalue weighted by Crippen LogP contribution is -1.96. The Balaban J connectivity index is 2.81. The van der Waals surface area contributed by atoms with Gasteiger partial charge in [-0.3, -0.25) is 4.98 Å². The molecule has 0 saturated heterocycles. The van der Waals surface area contributed by atoms with Crippen LogP contribution in [0.2, 0.25) is 0 Å². The van der Waals surface area contributed by atoms with E-state index in [9.17, 15) is 0 Å². The van der Waals surface area contributed by atoms with Crippen LogP contribution in [0.3, 0.4) is 0 Å². The molecular formula is C9H11N3. The van der Waals surface area contributed by atoms with E-state index in [0.717, 1.165) is 23.4 Å². The van der Waals surface area contributed by atoms with Gasteiger partial charge < -0.3 is 4.57 Å². The number of aromatic nitrogens is 3. The molecule has 2 aromatic heterocycles. The zero-order valence-electron chi connectivity index (χ0n) is 7.28. The van der Waals surface area contributed by atoms with Crippen LogP contribution in [-0.2, 0) is 6.54 Å². The van der Waals surface area contributed by atoms with Crippen LogP contribution < -0.4 is 0 Å². The molecule has 3 heteroatoms. The highest BCUT2D eigenvalue weighted by Gasteiger charge is 2.03. The average molecular weight is 161 g/mol. The van der Waals surface area contributed by atoms with Gasteiger partial charge in [-0.2, -0.15) is 0 Å². The van der Waals surface area contributed by atoms with E-state index in [-0.39, 0.29) is 0 Å². The van der Waals surface area contributed by atoms with Crippen molar-refractivity contribution in [3.63, 3.8) is 0 Å². The number of fused-ring (bicyclic) bond motifs is 1. The van der Waals surface area contributed by atoms with Gasteiger partial charge in [-0.15, -0.1) is 0 Å². The summed E-state index contributed by atoms with van der Waals surface area (Å²) >= 11 is 0. The molecule has 0 amide bonds. The second kappa shape index (κ2) is 2.59. The van der Waals surface area contributed by atoms with E-state index < -0.39 is 0 Å². The molecule has 0 bridgehead atoms. The van der Waals surface area contributed by atoms with Crippen molar-refractivity contribution < 1.29 is 0 Å². The summed E-state index contributed by atoms with van der Waals surface area (Å²) in [7, 11) is 0. The minimum absolute atomic E-state index is 0.952. The molecule has 2 heterocycles. The third-order valence-electron chi connectivity index (χ3n) is 2.06.